The summed E-state index contributed by atoms with van der Waals surface area (Å²) in [6, 6.07) is 13.1. The predicted octanol–water partition coefficient (Wildman–Crippen LogP) is 4.34. The van der Waals surface area contributed by atoms with Crippen LogP contribution in [0.3, 0.4) is 0 Å². The maximum absolute atomic E-state index is 13.1. The van der Waals surface area contributed by atoms with Gasteiger partial charge in [0.1, 0.15) is 0 Å². The van der Waals surface area contributed by atoms with Gasteiger partial charge in [-0.25, -0.2) is 0 Å². The van der Waals surface area contributed by atoms with Crippen LogP contribution in [0.1, 0.15) is 66.6 Å². The van der Waals surface area contributed by atoms with Gasteiger partial charge in [-0.15, -0.1) is 0 Å². The van der Waals surface area contributed by atoms with Gasteiger partial charge in [-0.05, 0) is 42.5 Å². The first-order valence-electron chi connectivity index (χ1n) is 9.57. The molecule has 4 nitrogen and oxygen atoms in total. The van der Waals surface area contributed by atoms with Crippen LogP contribution in [0.2, 0.25) is 0 Å². The number of hydrogen-bond acceptors (Lipinski definition) is 3. The van der Waals surface area contributed by atoms with Crippen LogP contribution in [-0.2, 0) is 10.4 Å². The lowest BCUT2D eigenvalue weighted by Crippen LogP contribution is -2.42. The number of ketones is 1. The molecule has 2 aromatic rings. The van der Waals surface area contributed by atoms with E-state index < -0.39 is 11.5 Å². The largest absolute Gasteiger partial charge is 0.375 e. The number of amides is 1. The summed E-state index contributed by atoms with van der Waals surface area (Å²) < 4.78 is 0. The molecule has 2 aromatic carbocycles. The van der Waals surface area contributed by atoms with E-state index in [1.165, 1.54) is 0 Å². The smallest absolute Gasteiger partial charge is 0.264 e. The number of carbonyl (C=O) groups is 2. The average molecular weight is 365 g/mol. The Labute approximate surface area is 160 Å². The Bertz CT molecular complexity index is 887. The lowest BCUT2D eigenvalue weighted by Gasteiger charge is -2.23. The molecule has 3 rings (SSSR count). The minimum absolute atomic E-state index is 0.209. The molecule has 0 spiro atoms. The molecule has 27 heavy (non-hydrogen) atoms. The number of aliphatic hydroxyl groups is 1. The summed E-state index contributed by atoms with van der Waals surface area (Å²) in [5.41, 5.74) is 1.93. The summed E-state index contributed by atoms with van der Waals surface area (Å²) in [6.07, 6.45) is 0.533. The molecule has 1 aliphatic heterocycles. The van der Waals surface area contributed by atoms with Gasteiger partial charge in [0.25, 0.3) is 5.91 Å². The van der Waals surface area contributed by atoms with Crippen molar-refractivity contribution in [2.45, 2.75) is 52.1 Å². The van der Waals surface area contributed by atoms with Gasteiger partial charge < -0.3 is 10.0 Å². The highest BCUT2D eigenvalue weighted by atomic mass is 16.3. The zero-order valence-electron chi connectivity index (χ0n) is 16.5. The molecule has 142 valence electrons. The molecule has 0 radical (unpaired) electrons. The third kappa shape index (κ3) is 3.30. The number of aryl methyl sites for hydroxylation is 1. The van der Waals surface area contributed by atoms with Crippen LogP contribution < -0.4 is 4.90 Å². The Hall–Kier alpha value is -2.46. The van der Waals surface area contributed by atoms with E-state index in [9.17, 15) is 14.7 Å². The summed E-state index contributed by atoms with van der Waals surface area (Å²) in [7, 11) is 0. The van der Waals surface area contributed by atoms with Gasteiger partial charge in [0.2, 0.25) is 0 Å². The van der Waals surface area contributed by atoms with Crippen LogP contribution in [0.25, 0.3) is 0 Å². The lowest BCUT2D eigenvalue weighted by molar-refractivity contribution is -0.135. The van der Waals surface area contributed by atoms with Crippen LogP contribution in [0.4, 0.5) is 5.69 Å². The second-order valence-electron chi connectivity index (χ2n) is 7.66. The maximum Gasteiger partial charge on any atom is 0.264 e. The number of para-hydroxylation sites is 1. The molecule has 0 aliphatic carbocycles. The lowest BCUT2D eigenvalue weighted by atomic mass is 9.86. The van der Waals surface area contributed by atoms with E-state index >= 15 is 0 Å². The highest BCUT2D eigenvalue weighted by molar-refractivity contribution is 6.11. The monoisotopic (exact) mass is 365 g/mol. The van der Waals surface area contributed by atoms with Gasteiger partial charge in [0.05, 0.1) is 12.1 Å². The number of benzene rings is 2. The Morgan fingerprint density at radius 2 is 1.89 bits per heavy atom. The van der Waals surface area contributed by atoms with Crippen molar-refractivity contribution in [3.05, 3.63) is 64.7 Å². The van der Waals surface area contributed by atoms with E-state index in [0.717, 1.165) is 17.5 Å². The van der Waals surface area contributed by atoms with Crippen LogP contribution in [0.5, 0.6) is 0 Å². The SMILES string of the molecule is CCCN1C(=O)[C@](O)(CC(=O)c2cc(C(C)C)ccc2C)c2ccccc21. The molecule has 0 unspecified atom stereocenters. The summed E-state index contributed by atoms with van der Waals surface area (Å²) >= 11 is 0. The van der Waals surface area contributed by atoms with Crippen molar-refractivity contribution in [2.75, 3.05) is 11.4 Å². The van der Waals surface area contributed by atoms with Crippen molar-refractivity contribution in [3.8, 4) is 0 Å². The molecular weight excluding hydrogens is 338 g/mol. The van der Waals surface area contributed by atoms with Crippen molar-refractivity contribution in [1.29, 1.82) is 0 Å². The fourth-order valence-electron chi connectivity index (χ4n) is 3.75. The zero-order chi connectivity index (χ0) is 19.8. The Morgan fingerprint density at radius 3 is 2.56 bits per heavy atom. The van der Waals surface area contributed by atoms with Crippen molar-refractivity contribution >= 4 is 17.4 Å². The predicted molar refractivity (Wildman–Crippen MR) is 107 cm³/mol. The number of fused-ring (bicyclic) bond motifs is 1. The van der Waals surface area contributed by atoms with E-state index in [-0.39, 0.29) is 12.2 Å². The van der Waals surface area contributed by atoms with E-state index in [1.807, 2.05) is 44.2 Å². The van der Waals surface area contributed by atoms with Crippen molar-refractivity contribution in [2.24, 2.45) is 0 Å². The topological polar surface area (TPSA) is 57.6 Å². The average Bonchev–Trinajstić information content (AvgIpc) is 2.84. The summed E-state index contributed by atoms with van der Waals surface area (Å²) in [6.45, 7) is 8.54. The van der Waals surface area contributed by atoms with E-state index in [4.69, 9.17) is 0 Å². The fraction of sp³-hybridized carbons (Fsp3) is 0.391. The first kappa shape index (κ1) is 19.3. The van der Waals surface area contributed by atoms with Crippen LogP contribution in [-0.4, -0.2) is 23.3 Å². The minimum Gasteiger partial charge on any atom is -0.375 e. The molecule has 0 bridgehead atoms. The van der Waals surface area contributed by atoms with Gasteiger partial charge >= 0.3 is 0 Å². The Morgan fingerprint density at radius 1 is 1.19 bits per heavy atom. The Balaban J connectivity index is 1.98. The van der Waals surface area contributed by atoms with Gasteiger partial charge in [-0.1, -0.05) is 51.1 Å². The normalized spacial score (nSPS) is 18.9. The van der Waals surface area contributed by atoms with Gasteiger partial charge in [-0.3, -0.25) is 9.59 Å². The molecule has 4 heteroatoms. The van der Waals surface area contributed by atoms with E-state index in [2.05, 4.69) is 13.8 Å². The molecule has 1 amide bonds. The number of anilines is 1. The standard InChI is InChI=1S/C23H27NO3/c1-5-12-24-20-9-7-6-8-19(20)23(27,22(24)26)14-21(25)18-13-17(15(2)3)11-10-16(18)4/h6-11,13,15,27H,5,12,14H2,1-4H3/t23-/m0/s1. The van der Waals surface area contributed by atoms with Gasteiger partial charge in [0.15, 0.2) is 11.4 Å². The first-order chi connectivity index (χ1) is 12.8. The number of Topliss-reactive ketones (excluding diaryl/α,β-unsaturated/α-hetero) is 1. The second kappa shape index (κ2) is 7.28. The van der Waals surface area contributed by atoms with Crippen LogP contribution in [0, 0.1) is 6.92 Å². The Kier molecular flexibility index (Phi) is 5.20. The zero-order valence-corrected chi connectivity index (χ0v) is 16.5. The fourth-order valence-corrected chi connectivity index (χ4v) is 3.75. The van der Waals surface area contributed by atoms with E-state index in [0.29, 0.717) is 29.3 Å². The number of rotatable bonds is 6. The van der Waals surface area contributed by atoms with Gasteiger partial charge in [0, 0.05) is 17.7 Å². The summed E-state index contributed by atoms with van der Waals surface area (Å²) in [4.78, 5) is 27.7. The highest BCUT2D eigenvalue weighted by Gasteiger charge is 2.50. The quantitative estimate of drug-likeness (QED) is 0.775. The highest BCUT2D eigenvalue weighted by Crippen LogP contribution is 2.43. The second-order valence-corrected chi connectivity index (χ2v) is 7.66. The molecule has 0 saturated carbocycles. The van der Waals surface area contributed by atoms with Crippen LogP contribution >= 0.6 is 0 Å². The third-order valence-electron chi connectivity index (χ3n) is 5.33. The molecule has 0 saturated heterocycles. The maximum atomic E-state index is 13.1. The molecular formula is C23H27NO3. The molecule has 1 heterocycles. The van der Waals surface area contributed by atoms with Crippen molar-refractivity contribution < 1.29 is 14.7 Å². The molecule has 1 N–H and O–H groups in total. The first-order valence-corrected chi connectivity index (χ1v) is 9.57. The van der Waals surface area contributed by atoms with Crippen molar-refractivity contribution in [1.82, 2.24) is 0 Å². The molecule has 0 aromatic heterocycles. The van der Waals surface area contributed by atoms with Crippen molar-refractivity contribution in [3.63, 3.8) is 0 Å². The summed E-state index contributed by atoms with van der Waals surface area (Å²) in [5.74, 6) is -0.315. The van der Waals surface area contributed by atoms with Crippen LogP contribution in [0.15, 0.2) is 42.5 Å². The summed E-state index contributed by atoms with van der Waals surface area (Å²) in [5, 5.41) is 11.3. The molecule has 1 aliphatic rings. The van der Waals surface area contributed by atoms with Gasteiger partial charge in [-0.2, -0.15) is 0 Å². The number of nitrogens with zero attached hydrogens (tertiary/aromatic N) is 1. The third-order valence-corrected chi connectivity index (χ3v) is 5.33. The molecule has 0 fully saturated rings. The minimum atomic E-state index is -1.80. The van der Waals surface area contributed by atoms with E-state index in [1.54, 1.807) is 17.0 Å². The number of hydrogen-bond donors (Lipinski definition) is 1. The number of carbonyl (C=O) groups excluding carboxylic acids is 2. The molecule has 1 atom stereocenters.